The maximum atomic E-state index is 13.2. The van der Waals surface area contributed by atoms with Crippen molar-refractivity contribution in [2.45, 2.75) is 27.3 Å². The molecular weight excluding hydrogens is 428 g/mol. The molecule has 3 aromatic rings. The molecule has 2 amide bonds. The van der Waals surface area contributed by atoms with E-state index in [0.29, 0.717) is 17.9 Å². The normalized spacial score (nSPS) is 11.6. The van der Waals surface area contributed by atoms with E-state index in [1.165, 1.54) is 7.11 Å². The Bertz CT molecular complexity index is 1160. The molecule has 7 nitrogen and oxygen atoms in total. The Morgan fingerprint density at radius 3 is 2.44 bits per heavy atom. The van der Waals surface area contributed by atoms with Crippen LogP contribution in [0.5, 0.6) is 5.75 Å². The van der Waals surface area contributed by atoms with Gasteiger partial charge in [-0.2, -0.15) is 0 Å². The van der Waals surface area contributed by atoms with Crippen LogP contribution < -0.4 is 15.4 Å². The van der Waals surface area contributed by atoms with Gasteiger partial charge in [0.05, 0.1) is 12.7 Å². The third-order valence-corrected chi connectivity index (χ3v) is 5.91. The van der Waals surface area contributed by atoms with Gasteiger partial charge in [-0.25, -0.2) is 0 Å². The fraction of sp³-hybridized carbons (Fsp3) is 0.333. The predicted molar refractivity (Wildman–Crippen MR) is 137 cm³/mol. The number of fused-ring (bicyclic) bond motifs is 1. The van der Waals surface area contributed by atoms with E-state index >= 15 is 0 Å². The molecule has 0 aliphatic heterocycles. The topological polar surface area (TPSA) is 75.6 Å². The second-order valence-electron chi connectivity index (χ2n) is 7.88. The number of methoxy groups -OCH3 is 1. The van der Waals surface area contributed by atoms with Crippen molar-refractivity contribution >= 4 is 28.8 Å². The second kappa shape index (κ2) is 12.0. The molecule has 1 heterocycles. The lowest BCUT2D eigenvalue weighted by atomic mass is 10.1. The number of carbonyl (C=O) groups excluding carboxylic acids is 2. The van der Waals surface area contributed by atoms with E-state index in [1.807, 2.05) is 30.5 Å². The van der Waals surface area contributed by atoms with Crippen LogP contribution in [0.2, 0.25) is 0 Å². The van der Waals surface area contributed by atoms with E-state index in [2.05, 4.69) is 40.9 Å². The summed E-state index contributed by atoms with van der Waals surface area (Å²) in [7, 11) is 1.52. The summed E-state index contributed by atoms with van der Waals surface area (Å²) in [5.41, 5.74) is 2.50. The Morgan fingerprint density at radius 1 is 1.03 bits per heavy atom. The first-order valence-electron chi connectivity index (χ1n) is 11.8. The summed E-state index contributed by atoms with van der Waals surface area (Å²) in [5, 5.41) is 6.79. The standard InChI is InChI=1S/C27H34N4O3/c1-5-30(6-2)17-16-28-27(33)23(29-26(32)22-13-9-11-15-25(22)34-4)18-20-19-31(7-3)24-14-10-8-12-21(20)24/h8-15,18-19H,5-7,16-17H2,1-4H3,(H,28,33)(H,29,32)/b23-18-. The molecule has 0 spiro atoms. The van der Waals surface area contributed by atoms with Gasteiger partial charge in [-0.15, -0.1) is 0 Å². The fourth-order valence-corrected chi connectivity index (χ4v) is 3.95. The lowest BCUT2D eigenvalue weighted by Crippen LogP contribution is -2.39. The van der Waals surface area contributed by atoms with Crippen molar-refractivity contribution in [1.29, 1.82) is 0 Å². The molecule has 0 fully saturated rings. The number of amides is 2. The lowest BCUT2D eigenvalue weighted by molar-refractivity contribution is -0.117. The first-order valence-corrected chi connectivity index (χ1v) is 11.8. The Labute approximate surface area is 201 Å². The Hall–Kier alpha value is -3.58. The third kappa shape index (κ3) is 5.85. The number of nitrogens with zero attached hydrogens (tertiary/aromatic N) is 2. The quantitative estimate of drug-likeness (QED) is 0.424. The molecule has 7 heteroatoms. The van der Waals surface area contributed by atoms with Crippen LogP contribution >= 0.6 is 0 Å². The van der Waals surface area contributed by atoms with E-state index in [9.17, 15) is 9.59 Å². The number of aromatic nitrogens is 1. The predicted octanol–water partition coefficient (Wildman–Crippen LogP) is 3.90. The number of para-hydroxylation sites is 2. The first-order chi connectivity index (χ1) is 16.5. The summed E-state index contributed by atoms with van der Waals surface area (Å²) in [6.45, 7) is 10.1. The van der Waals surface area contributed by atoms with Gasteiger partial charge in [0.25, 0.3) is 11.8 Å². The largest absolute Gasteiger partial charge is 0.496 e. The molecule has 180 valence electrons. The first kappa shape index (κ1) is 25.1. The van der Waals surface area contributed by atoms with Gasteiger partial charge in [-0.05, 0) is 44.3 Å². The van der Waals surface area contributed by atoms with Crippen LogP contribution in [0.15, 0.2) is 60.4 Å². The van der Waals surface area contributed by atoms with Gasteiger partial charge < -0.3 is 24.8 Å². The molecule has 0 bridgehead atoms. The van der Waals surface area contributed by atoms with E-state index in [1.54, 1.807) is 30.3 Å². The number of hydrogen-bond donors (Lipinski definition) is 2. The molecule has 0 unspecified atom stereocenters. The second-order valence-corrected chi connectivity index (χ2v) is 7.88. The van der Waals surface area contributed by atoms with Crippen LogP contribution in [-0.4, -0.2) is 54.6 Å². The molecule has 2 N–H and O–H groups in total. The van der Waals surface area contributed by atoms with Crippen LogP contribution in [0.4, 0.5) is 0 Å². The van der Waals surface area contributed by atoms with Gasteiger partial charge in [-0.1, -0.05) is 44.2 Å². The summed E-state index contributed by atoms with van der Waals surface area (Å²) >= 11 is 0. The van der Waals surface area contributed by atoms with Gasteiger partial charge in [0, 0.05) is 42.3 Å². The van der Waals surface area contributed by atoms with Crippen molar-refractivity contribution in [2.75, 3.05) is 33.3 Å². The van der Waals surface area contributed by atoms with Gasteiger partial charge in [0.1, 0.15) is 11.4 Å². The third-order valence-electron chi connectivity index (χ3n) is 5.91. The molecule has 0 radical (unpaired) electrons. The van der Waals surface area contributed by atoms with E-state index in [-0.39, 0.29) is 11.6 Å². The average molecular weight is 463 g/mol. The molecule has 0 aliphatic rings. The number of ether oxygens (including phenoxy) is 1. The Balaban J connectivity index is 1.93. The molecule has 34 heavy (non-hydrogen) atoms. The van der Waals surface area contributed by atoms with Crippen LogP contribution in [0, 0.1) is 0 Å². The Kier molecular flexibility index (Phi) is 8.87. The van der Waals surface area contributed by atoms with Gasteiger partial charge in [-0.3, -0.25) is 9.59 Å². The van der Waals surface area contributed by atoms with Gasteiger partial charge >= 0.3 is 0 Å². The van der Waals surface area contributed by atoms with Crippen molar-refractivity contribution in [3.63, 3.8) is 0 Å². The van der Waals surface area contributed by atoms with Crippen molar-refractivity contribution in [1.82, 2.24) is 20.1 Å². The zero-order valence-electron chi connectivity index (χ0n) is 20.4. The van der Waals surface area contributed by atoms with E-state index in [0.717, 1.165) is 42.6 Å². The monoisotopic (exact) mass is 462 g/mol. The smallest absolute Gasteiger partial charge is 0.267 e. The summed E-state index contributed by atoms with van der Waals surface area (Å²) in [4.78, 5) is 28.5. The van der Waals surface area contributed by atoms with Crippen LogP contribution in [0.1, 0.15) is 36.7 Å². The number of benzene rings is 2. The number of aryl methyl sites for hydroxylation is 1. The number of rotatable bonds is 11. The average Bonchev–Trinajstić information content (AvgIpc) is 3.23. The molecule has 0 aliphatic carbocycles. The highest BCUT2D eigenvalue weighted by Crippen LogP contribution is 2.24. The number of nitrogens with one attached hydrogen (secondary N) is 2. The van der Waals surface area contributed by atoms with Gasteiger partial charge in [0.15, 0.2) is 0 Å². The molecular formula is C27H34N4O3. The van der Waals surface area contributed by atoms with Crippen LogP contribution in [-0.2, 0) is 11.3 Å². The van der Waals surface area contributed by atoms with Crippen molar-refractivity contribution in [2.24, 2.45) is 0 Å². The molecule has 3 rings (SSSR count). The van der Waals surface area contributed by atoms with Crippen molar-refractivity contribution in [3.05, 3.63) is 71.6 Å². The number of hydrogen-bond acceptors (Lipinski definition) is 4. The molecule has 0 saturated carbocycles. The minimum atomic E-state index is -0.401. The summed E-state index contributed by atoms with van der Waals surface area (Å²) < 4.78 is 7.45. The minimum Gasteiger partial charge on any atom is -0.496 e. The zero-order chi connectivity index (χ0) is 24.5. The summed E-state index contributed by atoms with van der Waals surface area (Å²) in [6.07, 6.45) is 3.75. The molecule has 0 atom stereocenters. The van der Waals surface area contributed by atoms with E-state index in [4.69, 9.17) is 4.74 Å². The molecule has 2 aromatic carbocycles. The van der Waals surface area contributed by atoms with Crippen LogP contribution in [0.25, 0.3) is 17.0 Å². The van der Waals surface area contributed by atoms with Crippen LogP contribution in [0.3, 0.4) is 0 Å². The van der Waals surface area contributed by atoms with E-state index < -0.39 is 5.91 Å². The van der Waals surface area contributed by atoms with Gasteiger partial charge in [0.2, 0.25) is 0 Å². The maximum Gasteiger partial charge on any atom is 0.267 e. The SMILES string of the molecule is CCN(CC)CCNC(=O)/C(=C/c1cn(CC)c2ccccc12)NC(=O)c1ccccc1OC. The zero-order valence-corrected chi connectivity index (χ0v) is 20.4. The fourth-order valence-electron chi connectivity index (χ4n) is 3.95. The highest BCUT2D eigenvalue weighted by molar-refractivity contribution is 6.07. The molecule has 1 aromatic heterocycles. The number of likely N-dealkylation sites (N-methyl/N-ethyl adjacent to an activating group) is 1. The van der Waals surface area contributed by atoms with Crippen molar-refractivity contribution in [3.8, 4) is 5.75 Å². The lowest BCUT2D eigenvalue weighted by Gasteiger charge is -2.18. The van der Waals surface area contributed by atoms with Crippen molar-refractivity contribution < 1.29 is 14.3 Å². The summed E-state index contributed by atoms with van der Waals surface area (Å²) in [6, 6.07) is 15.0. The highest BCUT2D eigenvalue weighted by Gasteiger charge is 2.18. The number of carbonyl (C=O) groups is 2. The molecule has 0 saturated heterocycles. The summed E-state index contributed by atoms with van der Waals surface area (Å²) in [5.74, 6) is -0.283. The Morgan fingerprint density at radius 2 is 1.74 bits per heavy atom. The maximum absolute atomic E-state index is 13.2. The minimum absolute atomic E-state index is 0.189. The highest BCUT2D eigenvalue weighted by atomic mass is 16.5.